The van der Waals surface area contributed by atoms with E-state index in [1.165, 1.54) is 32.1 Å². The highest BCUT2D eigenvalue weighted by Crippen LogP contribution is 2.63. The smallest absolute Gasteiger partial charge is 0.312 e. The molecule has 0 aromatic carbocycles. The van der Waals surface area contributed by atoms with Crippen LogP contribution in [0.1, 0.15) is 67.7 Å². The van der Waals surface area contributed by atoms with Crippen molar-refractivity contribution in [1.29, 1.82) is 0 Å². The van der Waals surface area contributed by atoms with Crippen LogP contribution in [0, 0.1) is 17.3 Å². The lowest BCUT2D eigenvalue weighted by atomic mass is 9.51. The first kappa shape index (κ1) is 37.3. The number of carbonyl (C=O) groups excluding carboxylic acids is 6. The maximum atomic E-state index is 13.3. The number of halogens is 1. The monoisotopic (exact) mass is 698 g/mol. The summed E-state index contributed by atoms with van der Waals surface area (Å²) in [6.45, 7) is 9.07. The molecule has 0 bridgehead atoms. The Morgan fingerprint density at radius 2 is 1.52 bits per heavy atom. The number of fused-ring (bicyclic) bond motifs is 3. The number of carbonyl (C=O) groups is 6. The van der Waals surface area contributed by atoms with E-state index in [2.05, 4.69) is 0 Å². The van der Waals surface area contributed by atoms with Crippen LogP contribution in [0.2, 0.25) is 0 Å². The fraction of sp³-hybridized carbons (Fsp3) is 0.697. The summed E-state index contributed by atoms with van der Waals surface area (Å²) < 4.78 is 41.3. The summed E-state index contributed by atoms with van der Waals surface area (Å²) in [5, 5.41) is 12.7. The predicted octanol–water partition coefficient (Wildman–Crippen LogP) is 2.25. The van der Waals surface area contributed by atoms with Gasteiger partial charge in [0.15, 0.2) is 30.0 Å². The van der Waals surface area contributed by atoms with E-state index in [0.717, 1.165) is 27.7 Å². The summed E-state index contributed by atoms with van der Waals surface area (Å²) in [5.74, 6) is -7.67. The molecule has 48 heavy (non-hydrogen) atoms. The second-order valence-corrected chi connectivity index (χ2v) is 13.2. The number of unbranched alkanes of at least 4 members (excludes halogenated alkanes) is 1. The molecule has 1 unspecified atom stereocenters. The number of rotatable bonds is 9. The molecule has 2 heterocycles. The summed E-state index contributed by atoms with van der Waals surface area (Å²) in [6.07, 6.45) is -3.67. The van der Waals surface area contributed by atoms with E-state index in [1.807, 2.05) is 6.92 Å². The lowest BCUT2D eigenvalue weighted by molar-refractivity contribution is -0.279. The second-order valence-electron chi connectivity index (χ2n) is 13.0. The van der Waals surface area contributed by atoms with Gasteiger partial charge in [-0.2, -0.15) is 0 Å². The van der Waals surface area contributed by atoms with Crippen molar-refractivity contribution < 1.29 is 67.0 Å². The molecule has 2 aliphatic heterocycles. The molecule has 4 rings (SSSR count). The molecule has 14 nitrogen and oxygen atoms in total. The summed E-state index contributed by atoms with van der Waals surface area (Å²) in [7, 11) is 0. The highest BCUT2D eigenvalue weighted by atomic mass is 35.5. The van der Waals surface area contributed by atoms with E-state index in [1.54, 1.807) is 0 Å². The van der Waals surface area contributed by atoms with Crippen LogP contribution in [0.4, 0.5) is 0 Å². The largest absolute Gasteiger partial charge is 0.459 e. The van der Waals surface area contributed by atoms with Gasteiger partial charge in [0.2, 0.25) is 0 Å². The highest BCUT2D eigenvalue weighted by Gasteiger charge is 2.81. The summed E-state index contributed by atoms with van der Waals surface area (Å²) >= 11 is 6.26. The van der Waals surface area contributed by atoms with Gasteiger partial charge in [0, 0.05) is 45.9 Å². The first-order chi connectivity index (χ1) is 22.5. The number of esters is 6. The molecule has 0 radical (unpaired) electrons. The minimum atomic E-state index is -2.33. The maximum Gasteiger partial charge on any atom is 0.312 e. The van der Waals surface area contributed by atoms with Gasteiger partial charge < -0.3 is 38.3 Å². The first-order valence-electron chi connectivity index (χ1n) is 15.9. The summed E-state index contributed by atoms with van der Waals surface area (Å²) in [6, 6.07) is 0. The minimum absolute atomic E-state index is 0.0143. The molecule has 0 amide bonds. The van der Waals surface area contributed by atoms with Gasteiger partial charge in [-0.25, -0.2) is 0 Å². The average Bonchev–Trinajstić information content (AvgIpc) is 3.75. The molecule has 1 saturated carbocycles. The van der Waals surface area contributed by atoms with Crippen molar-refractivity contribution >= 4 is 47.4 Å². The number of ether oxygens (including phenoxy) is 7. The SMILES string of the molecule is CCCCC(=O)O[C@@H]1[C@H](OC(C)=O)[C@H](OC(C)=O)[C@]2(C)[C@@H](OC(C)=O)/C=C/C(CCl)=C\[C@@H]3OC(=O)[C@H](C)[C@]3(O)C(OC(C)=O)[C@H]2[C@@]12CO2. The zero-order valence-corrected chi connectivity index (χ0v) is 28.8. The Morgan fingerprint density at radius 1 is 0.938 bits per heavy atom. The number of epoxide rings is 1. The molecular formula is C33H43ClO14. The van der Waals surface area contributed by atoms with Crippen LogP contribution in [0.3, 0.4) is 0 Å². The van der Waals surface area contributed by atoms with Crippen LogP contribution in [0.15, 0.2) is 23.8 Å². The Hall–Kier alpha value is -3.49. The van der Waals surface area contributed by atoms with Gasteiger partial charge >= 0.3 is 35.8 Å². The third-order valence-corrected chi connectivity index (χ3v) is 9.97. The van der Waals surface area contributed by atoms with E-state index < -0.39 is 101 Å². The first-order valence-corrected chi connectivity index (χ1v) is 16.4. The molecule has 1 N–H and O–H groups in total. The second kappa shape index (κ2) is 14.2. The fourth-order valence-electron chi connectivity index (χ4n) is 7.44. The van der Waals surface area contributed by atoms with Crippen LogP contribution in [0.5, 0.6) is 0 Å². The van der Waals surface area contributed by atoms with Gasteiger partial charge in [-0.1, -0.05) is 26.3 Å². The van der Waals surface area contributed by atoms with E-state index in [4.69, 9.17) is 44.8 Å². The van der Waals surface area contributed by atoms with Gasteiger partial charge in [-0.05, 0) is 31.1 Å². The van der Waals surface area contributed by atoms with Gasteiger partial charge in [-0.15, -0.1) is 11.6 Å². The Balaban J connectivity index is 2.14. The molecule has 0 aromatic rings. The van der Waals surface area contributed by atoms with Crippen molar-refractivity contribution in [3.05, 3.63) is 23.8 Å². The molecule has 4 aliphatic rings. The Bertz CT molecular complexity index is 1390. The molecule has 2 aliphatic carbocycles. The van der Waals surface area contributed by atoms with Crippen LogP contribution < -0.4 is 0 Å². The molecule has 0 aromatic heterocycles. The molecule has 11 atom stereocenters. The molecular weight excluding hydrogens is 656 g/mol. The molecule has 15 heteroatoms. The van der Waals surface area contributed by atoms with Crippen LogP contribution >= 0.6 is 11.6 Å². The van der Waals surface area contributed by atoms with Gasteiger partial charge in [0.1, 0.15) is 17.8 Å². The molecule has 266 valence electrons. The highest BCUT2D eigenvalue weighted by molar-refractivity contribution is 6.19. The average molecular weight is 699 g/mol. The molecule has 1 spiro atoms. The number of allylic oxidation sites excluding steroid dienone is 2. The lowest BCUT2D eigenvalue weighted by Gasteiger charge is -2.59. The predicted molar refractivity (Wildman–Crippen MR) is 164 cm³/mol. The fourth-order valence-corrected chi connectivity index (χ4v) is 7.62. The number of aliphatic hydroxyl groups is 1. The normalized spacial score (nSPS) is 40.1. The van der Waals surface area contributed by atoms with Gasteiger partial charge in [0.25, 0.3) is 0 Å². The Morgan fingerprint density at radius 3 is 2.04 bits per heavy atom. The molecule has 2 saturated heterocycles. The van der Waals surface area contributed by atoms with Crippen LogP contribution in [-0.2, 0) is 61.9 Å². The summed E-state index contributed by atoms with van der Waals surface area (Å²) in [4.78, 5) is 77.6. The molecule has 3 fully saturated rings. The summed E-state index contributed by atoms with van der Waals surface area (Å²) in [5.41, 5.74) is -5.51. The van der Waals surface area contributed by atoms with Gasteiger partial charge in [0.05, 0.1) is 17.9 Å². The quantitative estimate of drug-likeness (QED) is 0.160. The lowest BCUT2D eigenvalue weighted by Crippen LogP contribution is -2.76. The van der Waals surface area contributed by atoms with E-state index in [-0.39, 0.29) is 18.9 Å². The van der Waals surface area contributed by atoms with Crippen molar-refractivity contribution in [2.45, 2.75) is 116 Å². The van der Waals surface area contributed by atoms with E-state index >= 15 is 0 Å². The van der Waals surface area contributed by atoms with E-state index in [9.17, 15) is 33.9 Å². The minimum Gasteiger partial charge on any atom is -0.459 e. The number of hydrogen-bond donors (Lipinski definition) is 1. The van der Waals surface area contributed by atoms with Gasteiger partial charge in [-0.3, -0.25) is 28.8 Å². The zero-order chi connectivity index (χ0) is 35.8. The van der Waals surface area contributed by atoms with E-state index in [0.29, 0.717) is 18.4 Å². The Labute approximate surface area is 283 Å². The van der Waals surface area contributed by atoms with Crippen molar-refractivity contribution in [2.75, 3.05) is 12.5 Å². The topological polar surface area (TPSA) is 191 Å². The number of hydrogen-bond acceptors (Lipinski definition) is 14. The van der Waals surface area contributed by atoms with Crippen molar-refractivity contribution in [3.63, 3.8) is 0 Å². The van der Waals surface area contributed by atoms with Crippen molar-refractivity contribution in [1.82, 2.24) is 0 Å². The van der Waals surface area contributed by atoms with Crippen molar-refractivity contribution in [2.24, 2.45) is 17.3 Å². The zero-order valence-electron chi connectivity index (χ0n) is 28.0. The van der Waals surface area contributed by atoms with Crippen molar-refractivity contribution in [3.8, 4) is 0 Å². The third kappa shape index (κ3) is 6.71. The third-order valence-electron chi connectivity index (χ3n) is 9.66. The van der Waals surface area contributed by atoms with Crippen LogP contribution in [-0.4, -0.2) is 101 Å². The maximum absolute atomic E-state index is 13.3. The standard InChI is InChI=1S/C33H43ClO14/c1-8-9-10-24(39)48-28-25(44-18(4)36)27(45-19(5)37)31(7)22(43-17(3)35)12-11-21(14-34)13-23-33(41,16(2)30(40)47-23)29(46-20(6)38)26(31)32(28)15-42-32/h11-13,16,22-23,25-29,41H,8-10,14-15H2,1-7H3/b12-11+,21-13+/t16-,22-,23-,25+,26+,27-,28+,29?,31+,32-,33+/m0/s1. The number of alkyl halides is 1. The van der Waals surface area contributed by atoms with Crippen LogP contribution in [0.25, 0.3) is 0 Å². The Kier molecular flexibility index (Phi) is 11.0.